The standard InChI is InChI=1S/C24H22N4O4/c29-24(18-5-9-22(10-6-18)28(30)31)32-23-4-2-1-3-19(23)17-26-20-7-11-21(12-8-20)27-15-13-25-14-16-27/h1-12,17,25H,13-16H2/p+1. The molecule has 162 valence electrons. The minimum absolute atomic E-state index is 0.0845. The number of quaternary nitrogens is 1. The number of nitrogens with zero attached hydrogens (tertiary/aromatic N) is 3. The molecule has 1 heterocycles. The van der Waals surface area contributed by atoms with E-state index >= 15 is 0 Å². The van der Waals surface area contributed by atoms with Crippen LogP contribution in [-0.2, 0) is 0 Å². The Morgan fingerprint density at radius 1 is 1.00 bits per heavy atom. The fourth-order valence-corrected chi connectivity index (χ4v) is 3.46. The molecule has 0 bridgehead atoms. The van der Waals surface area contributed by atoms with E-state index in [0.29, 0.717) is 11.3 Å². The third kappa shape index (κ3) is 5.16. The summed E-state index contributed by atoms with van der Waals surface area (Å²) in [6.45, 7) is 4.29. The summed E-state index contributed by atoms with van der Waals surface area (Å²) in [6, 6.07) is 20.5. The highest BCUT2D eigenvalue weighted by Gasteiger charge is 2.14. The van der Waals surface area contributed by atoms with Crippen LogP contribution >= 0.6 is 0 Å². The topological polar surface area (TPSA) is 102 Å². The maximum Gasteiger partial charge on any atom is 0.343 e. The van der Waals surface area contributed by atoms with Crippen LogP contribution in [0.15, 0.2) is 77.8 Å². The number of hydrogen-bond donors (Lipinski definition) is 1. The Kier molecular flexibility index (Phi) is 6.52. The maximum absolute atomic E-state index is 12.5. The van der Waals surface area contributed by atoms with Crippen LogP contribution in [0, 0.1) is 10.1 Å². The second kappa shape index (κ2) is 9.84. The van der Waals surface area contributed by atoms with Crippen molar-refractivity contribution in [1.29, 1.82) is 0 Å². The predicted molar refractivity (Wildman–Crippen MR) is 122 cm³/mol. The van der Waals surface area contributed by atoms with Crippen molar-refractivity contribution >= 4 is 29.2 Å². The predicted octanol–water partition coefficient (Wildman–Crippen LogP) is 2.95. The first-order chi connectivity index (χ1) is 15.6. The Bertz CT molecular complexity index is 1120. The molecule has 0 atom stereocenters. The molecule has 3 aromatic carbocycles. The van der Waals surface area contributed by atoms with Gasteiger partial charge in [0.1, 0.15) is 5.75 Å². The Hall–Kier alpha value is -4.04. The van der Waals surface area contributed by atoms with Crippen molar-refractivity contribution in [3.8, 4) is 5.75 Å². The lowest BCUT2D eigenvalue weighted by Crippen LogP contribution is -2.89. The van der Waals surface area contributed by atoms with Crippen LogP contribution in [0.2, 0.25) is 0 Å². The summed E-state index contributed by atoms with van der Waals surface area (Å²) in [5.74, 6) is -0.232. The molecule has 1 fully saturated rings. The van der Waals surface area contributed by atoms with Gasteiger partial charge in [-0.25, -0.2) is 4.79 Å². The summed E-state index contributed by atoms with van der Waals surface area (Å²) in [5.41, 5.74) is 2.79. The summed E-state index contributed by atoms with van der Waals surface area (Å²) in [6.07, 6.45) is 1.66. The number of para-hydroxylation sites is 1. The van der Waals surface area contributed by atoms with Gasteiger partial charge >= 0.3 is 5.97 Å². The molecule has 0 aliphatic carbocycles. The number of nitro benzene ring substituents is 1. The minimum atomic E-state index is -0.594. The highest BCUT2D eigenvalue weighted by Crippen LogP contribution is 2.22. The number of rotatable bonds is 6. The molecule has 0 amide bonds. The van der Waals surface area contributed by atoms with Crippen LogP contribution in [0.25, 0.3) is 0 Å². The van der Waals surface area contributed by atoms with Crippen LogP contribution in [0.5, 0.6) is 5.75 Å². The van der Waals surface area contributed by atoms with Gasteiger partial charge in [-0.15, -0.1) is 0 Å². The second-order valence-corrected chi connectivity index (χ2v) is 7.36. The molecule has 8 nitrogen and oxygen atoms in total. The van der Waals surface area contributed by atoms with Crippen molar-refractivity contribution in [2.45, 2.75) is 0 Å². The summed E-state index contributed by atoms with van der Waals surface area (Å²) in [7, 11) is 0. The number of ether oxygens (including phenoxy) is 1. The van der Waals surface area contributed by atoms with Crippen LogP contribution in [0.3, 0.4) is 0 Å². The molecule has 8 heteroatoms. The van der Waals surface area contributed by atoms with Crippen molar-refractivity contribution in [3.63, 3.8) is 0 Å². The molecule has 0 saturated carbocycles. The summed E-state index contributed by atoms with van der Waals surface area (Å²) < 4.78 is 5.51. The number of hydrogen-bond acceptors (Lipinski definition) is 6. The zero-order valence-electron chi connectivity index (χ0n) is 17.4. The van der Waals surface area contributed by atoms with Crippen molar-refractivity contribution in [2.75, 3.05) is 31.1 Å². The first-order valence-electron chi connectivity index (χ1n) is 10.4. The molecular formula is C24H23N4O4+. The van der Waals surface area contributed by atoms with Crippen LogP contribution in [0.4, 0.5) is 17.1 Å². The first-order valence-corrected chi connectivity index (χ1v) is 10.4. The number of piperazine rings is 1. The maximum atomic E-state index is 12.5. The van der Waals surface area contributed by atoms with Gasteiger partial charge in [0.25, 0.3) is 5.69 Å². The molecule has 2 N–H and O–H groups in total. The van der Waals surface area contributed by atoms with E-state index in [4.69, 9.17) is 4.74 Å². The Labute approximate surface area is 185 Å². The van der Waals surface area contributed by atoms with Gasteiger partial charge in [-0.2, -0.15) is 0 Å². The molecule has 0 unspecified atom stereocenters. The van der Waals surface area contributed by atoms with E-state index in [1.165, 1.54) is 30.0 Å². The number of nitro groups is 1. The number of esters is 1. The van der Waals surface area contributed by atoms with Gasteiger partial charge in [-0.3, -0.25) is 15.1 Å². The van der Waals surface area contributed by atoms with Gasteiger partial charge in [0.15, 0.2) is 0 Å². The van der Waals surface area contributed by atoms with Crippen LogP contribution in [-0.4, -0.2) is 43.3 Å². The minimum Gasteiger partial charge on any atom is -0.422 e. The Morgan fingerprint density at radius 2 is 1.69 bits per heavy atom. The second-order valence-electron chi connectivity index (χ2n) is 7.36. The molecule has 32 heavy (non-hydrogen) atoms. The third-order valence-corrected chi connectivity index (χ3v) is 5.21. The van der Waals surface area contributed by atoms with Crippen LogP contribution < -0.4 is 15.0 Å². The largest absolute Gasteiger partial charge is 0.422 e. The van der Waals surface area contributed by atoms with Crippen molar-refractivity contribution < 1.29 is 19.8 Å². The number of anilines is 1. The number of benzene rings is 3. The van der Waals surface area contributed by atoms with Gasteiger partial charge in [-0.1, -0.05) is 12.1 Å². The third-order valence-electron chi connectivity index (χ3n) is 5.21. The fraction of sp³-hybridized carbons (Fsp3) is 0.167. The number of carbonyl (C=O) groups is 1. The molecule has 1 saturated heterocycles. The molecular weight excluding hydrogens is 408 g/mol. The molecule has 4 rings (SSSR count). The summed E-state index contributed by atoms with van der Waals surface area (Å²) >= 11 is 0. The quantitative estimate of drug-likeness (QED) is 0.213. The van der Waals surface area contributed by atoms with Crippen molar-refractivity contribution in [1.82, 2.24) is 0 Å². The average Bonchev–Trinajstić information content (AvgIpc) is 2.84. The highest BCUT2D eigenvalue weighted by molar-refractivity contribution is 5.93. The van der Waals surface area contributed by atoms with Gasteiger partial charge in [0.2, 0.25) is 0 Å². The molecule has 1 aliphatic heterocycles. The molecule has 3 aromatic rings. The zero-order chi connectivity index (χ0) is 22.3. The van der Waals surface area contributed by atoms with E-state index in [0.717, 1.165) is 31.9 Å². The molecule has 0 radical (unpaired) electrons. The Morgan fingerprint density at radius 3 is 2.38 bits per heavy atom. The van der Waals surface area contributed by atoms with Crippen molar-refractivity contribution in [3.05, 3.63) is 94.0 Å². The van der Waals surface area contributed by atoms with E-state index in [9.17, 15) is 14.9 Å². The lowest BCUT2D eigenvalue weighted by Gasteiger charge is -2.27. The van der Waals surface area contributed by atoms with E-state index in [2.05, 4.69) is 27.3 Å². The fourth-order valence-electron chi connectivity index (χ4n) is 3.46. The van der Waals surface area contributed by atoms with Gasteiger partial charge in [0.05, 0.1) is 42.4 Å². The van der Waals surface area contributed by atoms with E-state index in [1.54, 1.807) is 24.4 Å². The summed E-state index contributed by atoms with van der Waals surface area (Å²) in [5, 5.41) is 13.1. The lowest BCUT2D eigenvalue weighted by atomic mass is 10.2. The average molecular weight is 431 g/mol. The number of aliphatic imine (C=N–C) groups is 1. The van der Waals surface area contributed by atoms with Gasteiger partial charge < -0.3 is 15.0 Å². The van der Waals surface area contributed by atoms with Gasteiger partial charge in [0, 0.05) is 29.6 Å². The van der Waals surface area contributed by atoms with Gasteiger partial charge in [-0.05, 0) is 48.5 Å². The number of carbonyl (C=O) groups excluding carboxylic acids is 1. The molecule has 1 aliphatic rings. The molecule has 0 aromatic heterocycles. The highest BCUT2D eigenvalue weighted by atomic mass is 16.6. The number of nitrogens with two attached hydrogens (primary N) is 1. The summed E-state index contributed by atoms with van der Waals surface area (Å²) in [4.78, 5) is 29.6. The Balaban J connectivity index is 1.45. The van der Waals surface area contributed by atoms with E-state index in [1.807, 2.05) is 18.2 Å². The van der Waals surface area contributed by atoms with Crippen LogP contribution in [0.1, 0.15) is 15.9 Å². The normalized spacial score (nSPS) is 13.8. The zero-order valence-corrected chi connectivity index (χ0v) is 17.4. The monoisotopic (exact) mass is 431 g/mol. The van der Waals surface area contributed by atoms with E-state index < -0.39 is 10.9 Å². The van der Waals surface area contributed by atoms with Crippen molar-refractivity contribution in [2.24, 2.45) is 4.99 Å². The van der Waals surface area contributed by atoms with E-state index in [-0.39, 0.29) is 11.3 Å². The number of non-ortho nitro benzene ring substituents is 1. The smallest absolute Gasteiger partial charge is 0.343 e. The lowest BCUT2D eigenvalue weighted by molar-refractivity contribution is -0.655. The first kappa shape index (κ1) is 21.2. The SMILES string of the molecule is O=C(Oc1ccccc1C=Nc1ccc(N2CC[NH2+]CC2)cc1)c1ccc([N+](=O)[O-])cc1. The molecule has 0 spiro atoms.